The Hall–Kier alpha value is -0.580. The molecule has 2 heterocycles. The molecular formula is C8H12O4. The van der Waals surface area contributed by atoms with Crippen LogP contribution >= 0.6 is 0 Å². The van der Waals surface area contributed by atoms with Gasteiger partial charge in [-0.3, -0.25) is 0 Å². The van der Waals surface area contributed by atoms with Crippen LogP contribution in [0.1, 0.15) is 6.42 Å². The summed E-state index contributed by atoms with van der Waals surface area (Å²) < 4.78 is 15.0. The Balaban J connectivity index is 1.86. The Morgan fingerprint density at radius 3 is 3.17 bits per heavy atom. The number of hydrogen-bond acceptors (Lipinski definition) is 4. The lowest BCUT2D eigenvalue weighted by molar-refractivity contribution is -0.0889. The molecule has 4 nitrogen and oxygen atoms in total. The maximum absolute atomic E-state index is 9.21. The standard InChI is InChI=1S/C8H12O4/c1-10-8(9)7-6(12-7)5-2-3-11-4-5/h4,6-9H,2-3H2,1H3. The summed E-state index contributed by atoms with van der Waals surface area (Å²) in [7, 11) is 1.46. The lowest BCUT2D eigenvalue weighted by atomic mass is 10.1. The first-order chi connectivity index (χ1) is 5.83. The Labute approximate surface area is 70.7 Å². The topological polar surface area (TPSA) is 51.2 Å². The third-order valence-electron chi connectivity index (χ3n) is 2.16. The van der Waals surface area contributed by atoms with Crippen molar-refractivity contribution in [3.8, 4) is 0 Å². The maximum Gasteiger partial charge on any atom is 0.183 e. The second-order valence-electron chi connectivity index (χ2n) is 2.96. The number of aliphatic hydroxyl groups is 1. The molecule has 0 aliphatic carbocycles. The molecule has 12 heavy (non-hydrogen) atoms. The van der Waals surface area contributed by atoms with Crippen LogP contribution in [0.2, 0.25) is 0 Å². The molecule has 0 radical (unpaired) electrons. The van der Waals surface area contributed by atoms with E-state index in [1.807, 2.05) is 0 Å². The van der Waals surface area contributed by atoms with Crippen molar-refractivity contribution in [2.24, 2.45) is 0 Å². The Bertz CT molecular complexity index is 201. The fraction of sp³-hybridized carbons (Fsp3) is 0.750. The number of rotatable bonds is 3. The maximum atomic E-state index is 9.21. The largest absolute Gasteiger partial charge is 0.501 e. The van der Waals surface area contributed by atoms with Crippen LogP contribution in [0.25, 0.3) is 0 Å². The smallest absolute Gasteiger partial charge is 0.183 e. The SMILES string of the molecule is COC(O)C1OC1C1=COCC1. The van der Waals surface area contributed by atoms with E-state index in [2.05, 4.69) is 0 Å². The molecule has 0 spiro atoms. The zero-order valence-electron chi connectivity index (χ0n) is 6.90. The number of methoxy groups -OCH3 is 1. The predicted octanol–water partition coefficient (Wildman–Crippen LogP) is 0.0228. The molecule has 68 valence electrons. The van der Waals surface area contributed by atoms with Crippen LogP contribution in [0.3, 0.4) is 0 Å². The fourth-order valence-electron chi connectivity index (χ4n) is 1.38. The highest BCUT2D eigenvalue weighted by Gasteiger charge is 2.47. The van der Waals surface area contributed by atoms with Crippen LogP contribution in [-0.4, -0.2) is 37.3 Å². The van der Waals surface area contributed by atoms with Gasteiger partial charge in [-0.2, -0.15) is 0 Å². The van der Waals surface area contributed by atoms with E-state index in [4.69, 9.17) is 14.2 Å². The fourth-order valence-corrected chi connectivity index (χ4v) is 1.38. The third kappa shape index (κ3) is 1.33. The van der Waals surface area contributed by atoms with Gasteiger partial charge in [0.15, 0.2) is 6.29 Å². The van der Waals surface area contributed by atoms with Crippen molar-refractivity contribution in [1.29, 1.82) is 0 Å². The number of epoxide rings is 1. The molecule has 3 atom stereocenters. The summed E-state index contributed by atoms with van der Waals surface area (Å²) >= 11 is 0. The third-order valence-corrected chi connectivity index (χ3v) is 2.16. The lowest BCUT2D eigenvalue weighted by Gasteiger charge is -2.02. The number of hydrogen-bond donors (Lipinski definition) is 1. The molecular weight excluding hydrogens is 160 g/mol. The van der Waals surface area contributed by atoms with Crippen molar-refractivity contribution in [2.45, 2.75) is 24.9 Å². The molecule has 2 aliphatic rings. The molecule has 1 fully saturated rings. The highest BCUT2D eigenvalue weighted by molar-refractivity contribution is 5.17. The normalized spacial score (nSPS) is 35.7. The van der Waals surface area contributed by atoms with Crippen molar-refractivity contribution in [1.82, 2.24) is 0 Å². The molecule has 2 rings (SSSR count). The molecule has 0 aromatic heterocycles. The van der Waals surface area contributed by atoms with E-state index in [1.54, 1.807) is 6.26 Å². The summed E-state index contributed by atoms with van der Waals surface area (Å²) in [6.07, 6.45) is 1.63. The van der Waals surface area contributed by atoms with E-state index >= 15 is 0 Å². The highest BCUT2D eigenvalue weighted by Crippen LogP contribution is 2.35. The second-order valence-corrected chi connectivity index (χ2v) is 2.96. The van der Waals surface area contributed by atoms with Gasteiger partial charge in [0.1, 0.15) is 12.2 Å². The van der Waals surface area contributed by atoms with Crippen molar-refractivity contribution in [3.05, 3.63) is 11.8 Å². The Kier molecular flexibility index (Phi) is 2.04. The zero-order chi connectivity index (χ0) is 8.55. The molecule has 4 heteroatoms. The van der Waals surface area contributed by atoms with Gasteiger partial charge in [0.05, 0.1) is 12.9 Å². The lowest BCUT2D eigenvalue weighted by Crippen LogP contribution is -2.19. The number of ether oxygens (including phenoxy) is 3. The van der Waals surface area contributed by atoms with Crippen LogP contribution in [0.5, 0.6) is 0 Å². The molecule has 3 unspecified atom stereocenters. The van der Waals surface area contributed by atoms with Crippen LogP contribution in [0.4, 0.5) is 0 Å². The van der Waals surface area contributed by atoms with Crippen LogP contribution in [-0.2, 0) is 14.2 Å². The van der Waals surface area contributed by atoms with Crippen molar-refractivity contribution in [2.75, 3.05) is 13.7 Å². The summed E-state index contributed by atoms with van der Waals surface area (Å²) in [6.45, 7) is 0.727. The molecule has 0 saturated carbocycles. The van der Waals surface area contributed by atoms with Crippen LogP contribution in [0.15, 0.2) is 11.8 Å². The van der Waals surface area contributed by atoms with E-state index < -0.39 is 6.29 Å². The summed E-state index contributed by atoms with van der Waals surface area (Å²) in [5.74, 6) is 0. The summed E-state index contributed by atoms with van der Waals surface area (Å²) in [6, 6.07) is 0. The van der Waals surface area contributed by atoms with Gasteiger partial charge in [0.25, 0.3) is 0 Å². The summed E-state index contributed by atoms with van der Waals surface area (Å²) in [5.41, 5.74) is 1.12. The van der Waals surface area contributed by atoms with Gasteiger partial charge in [-0.1, -0.05) is 0 Å². The van der Waals surface area contributed by atoms with Crippen LogP contribution < -0.4 is 0 Å². The van der Waals surface area contributed by atoms with Crippen molar-refractivity contribution in [3.63, 3.8) is 0 Å². The first-order valence-corrected chi connectivity index (χ1v) is 4.00. The summed E-state index contributed by atoms with van der Waals surface area (Å²) in [4.78, 5) is 0. The minimum Gasteiger partial charge on any atom is -0.501 e. The second kappa shape index (κ2) is 3.05. The minimum absolute atomic E-state index is 0.0162. The van der Waals surface area contributed by atoms with Gasteiger partial charge in [0.2, 0.25) is 0 Å². The summed E-state index contributed by atoms with van der Waals surface area (Å²) in [5, 5.41) is 9.21. The van der Waals surface area contributed by atoms with Gasteiger partial charge in [-0.05, 0) is 5.57 Å². The quantitative estimate of drug-likeness (QED) is 0.481. The molecule has 1 saturated heterocycles. The molecule has 0 bridgehead atoms. The first kappa shape index (κ1) is 8.04. The Morgan fingerprint density at radius 2 is 2.58 bits per heavy atom. The van der Waals surface area contributed by atoms with Gasteiger partial charge in [-0.15, -0.1) is 0 Å². The van der Waals surface area contributed by atoms with E-state index in [9.17, 15) is 5.11 Å². The highest BCUT2D eigenvalue weighted by atomic mass is 16.7. The predicted molar refractivity (Wildman–Crippen MR) is 40.3 cm³/mol. The number of aliphatic hydroxyl groups excluding tert-OH is 1. The average molecular weight is 172 g/mol. The first-order valence-electron chi connectivity index (χ1n) is 4.00. The van der Waals surface area contributed by atoms with Gasteiger partial charge in [-0.25, -0.2) is 0 Å². The Morgan fingerprint density at radius 1 is 1.75 bits per heavy atom. The monoisotopic (exact) mass is 172 g/mol. The van der Waals surface area contributed by atoms with E-state index in [0.717, 1.165) is 18.6 Å². The van der Waals surface area contributed by atoms with Gasteiger partial charge >= 0.3 is 0 Å². The van der Waals surface area contributed by atoms with E-state index in [1.165, 1.54) is 7.11 Å². The van der Waals surface area contributed by atoms with E-state index in [0.29, 0.717) is 0 Å². The molecule has 0 amide bonds. The minimum atomic E-state index is -0.809. The zero-order valence-corrected chi connectivity index (χ0v) is 6.90. The van der Waals surface area contributed by atoms with Crippen molar-refractivity contribution < 1.29 is 19.3 Å². The van der Waals surface area contributed by atoms with Crippen molar-refractivity contribution >= 4 is 0 Å². The molecule has 0 aromatic rings. The van der Waals surface area contributed by atoms with E-state index in [-0.39, 0.29) is 12.2 Å². The van der Waals surface area contributed by atoms with Crippen LogP contribution in [0, 0.1) is 0 Å². The van der Waals surface area contributed by atoms with Gasteiger partial charge in [0, 0.05) is 13.5 Å². The molecule has 0 aromatic carbocycles. The molecule has 2 aliphatic heterocycles. The molecule has 1 N–H and O–H groups in total. The average Bonchev–Trinajstić information content (AvgIpc) is 2.71. The van der Waals surface area contributed by atoms with Gasteiger partial charge < -0.3 is 19.3 Å².